The number of halogens is 1. The van der Waals surface area contributed by atoms with Crippen LogP contribution in [0.1, 0.15) is 52.1 Å². The van der Waals surface area contributed by atoms with Crippen molar-refractivity contribution in [3.63, 3.8) is 0 Å². The number of aromatic nitrogens is 3. The molecule has 4 aromatic rings. The number of aryl methyl sites for hydroxylation is 1. The van der Waals surface area contributed by atoms with Crippen LogP contribution in [0.4, 0.5) is 0 Å². The molecule has 9 heteroatoms. The quantitative estimate of drug-likeness (QED) is 0.312. The van der Waals surface area contributed by atoms with E-state index in [2.05, 4.69) is 10.3 Å². The Hall–Kier alpha value is -3.91. The van der Waals surface area contributed by atoms with Crippen molar-refractivity contribution >= 4 is 34.3 Å². The summed E-state index contributed by atoms with van der Waals surface area (Å²) >= 11 is 6.03. The van der Waals surface area contributed by atoms with E-state index < -0.39 is 0 Å². The van der Waals surface area contributed by atoms with Crippen LogP contribution >= 0.6 is 11.6 Å². The SMILES string of the molecule is COc1ccccc1C(=O)Cn1c(=O)n(C[C@H]2CC[C@H](NC(=O)c3cc(Cl)cnc3C)CC2)c2ccccc21. The van der Waals surface area contributed by atoms with Crippen molar-refractivity contribution in [1.82, 2.24) is 19.4 Å². The van der Waals surface area contributed by atoms with E-state index in [4.69, 9.17) is 16.3 Å². The number of ketones is 1. The molecule has 0 atom stereocenters. The van der Waals surface area contributed by atoms with Gasteiger partial charge in [0.25, 0.3) is 5.91 Å². The summed E-state index contributed by atoms with van der Waals surface area (Å²) in [5, 5.41) is 3.56. The minimum Gasteiger partial charge on any atom is -0.496 e. The van der Waals surface area contributed by atoms with Crippen LogP contribution in [0, 0.1) is 12.8 Å². The van der Waals surface area contributed by atoms with Gasteiger partial charge in [0.05, 0.1) is 46.5 Å². The van der Waals surface area contributed by atoms with Crippen molar-refractivity contribution in [1.29, 1.82) is 0 Å². The van der Waals surface area contributed by atoms with E-state index in [1.54, 1.807) is 40.3 Å². The normalized spacial score (nSPS) is 17.2. The van der Waals surface area contributed by atoms with E-state index >= 15 is 0 Å². The lowest BCUT2D eigenvalue weighted by Crippen LogP contribution is -2.39. The minimum absolute atomic E-state index is 0.0590. The number of benzene rings is 2. The van der Waals surface area contributed by atoms with E-state index in [1.807, 2.05) is 30.3 Å². The number of carbonyl (C=O) groups excluding carboxylic acids is 2. The largest absolute Gasteiger partial charge is 0.496 e. The van der Waals surface area contributed by atoms with E-state index in [0.717, 1.165) is 36.7 Å². The van der Waals surface area contributed by atoms with Gasteiger partial charge in [-0.25, -0.2) is 4.79 Å². The molecule has 0 aliphatic heterocycles. The molecule has 8 nitrogen and oxygen atoms in total. The lowest BCUT2D eigenvalue weighted by molar-refractivity contribution is 0.0917. The van der Waals surface area contributed by atoms with E-state index in [9.17, 15) is 14.4 Å². The van der Waals surface area contributed by atoms with Crippen LogP contribution in [0.15, 0.2) is 65.6 Å². The molecule has 202 valence electrons. The summed E-state index contributed by atoms with van der Waals surface area (Å²) in [6, 6.07) is 16.3. The van der Waals surface area contributed by atoms with Crippen molar-refractivity contribution < 1.29 is 14.3 Å². The Morgan fingerprint density at radius 3 is 2.38 bits per heavy atom. The number of pyridine rings is 1. The highest BCUT2D eigenvalue weighted by Gasteiger charge is 2.26. The number of ether oxygens (including phenoxy) is 1. The number of Topliss-reactive ketones (excluding diaryl/α,β-unsaturated/α-hetero) is 1. The summed E-state index contributed by atoms with van der Waals surface area (Å²) in [6.45, 7) is 2.29. The number of nitrogens with one attached hydrogen (secondary N) is 1. The minimum atomic E-state index is -0.196. The van der Waals surface area contributed by atoms with Gasteiger partial charge in [0.2, 0.25) is 0 Å². The predicted molar refractivity (Wildman–Crippen MR) is 151 cm³/mol. The Kier molecular flexibility index (Phi) is 7.84. The molecular weight excluding hydrogens is 516 g/mol. The second-order valence-corrected chi connectivity index (χ2v) is 10.5. The molecule has 0 unspecified atom stereocenters. The monoisotopic (exact) mass is 546 g/mol. The maximum Gasteiger partial charge on any atom is 0.329 e. The second-order valence-electron chi connectivity index (χ2n) is 10.1. The fourth-order valence-corrected chi connectivity index (χ4v) is 5.61. The van der Waals surface area contributed by atoms with Gasteiger partial charge in [-0.15, -0.1) is 0 Å². The summed E-state index contributed by atoms with van der Waals surface area (Å²) in [6.07, 6.45) is 4.94. The predicted octanol–water partition coefficient (Wildman–Crippen LogP) is 5.04. The number of imidazole rings is 1. The second kappa shape index (κ2) is 11.5. The van der Waals surface area contributed by atoms with Gasteiger partial charge in [0.15, 0.2) is 5.78 Å². The number of nitrogens with zero attached hydrogens (tertiary/aromatic N) is 3. The zero-order valence-corrected chi connectivity index (χ0v) is 22.8. The summed E-state index contributed by atoms with van der Waals surface area (Å²) in [5.74, 6) is 0.434. The number of hydrogen-bond acceptors (Lipinski definition) is 5. The van der Waals surface area contributed by atoms with Gasteiger partial charge in [-0.3, -0.25) is 23.7 Å². The molecule has 0 spiro atoms. The van der Waals surface area contributed by atoms with Crippen molar-refractivity contribution in [2.45, 2.75) is 51.7 Å². The van der Waals surface area contributed by atoms with Gasteiger partial charge in [0.1, 0.15) is 5.75 Å². The number of fused-ring (bicyclic) bond motifs is 1. The Labute approximate surface area is 231 Å². The molecule has 39 heavy (non-hydrogen) atoms. The lowest BCUT2D eigenvalue weighted by atomic mass is 9.85. The van der Waals surface area contributed by atoms with Crippen LogP contribution in [0.3, 0.4) is 0 Å². The third kappa shape index (κ3) is 5.61. The molecule has 0 bridgehead atoms. The molecule has 1 aliphatic rings. The molecule has 1 aliphatic carbocycles. The zero-order chi connectivity index (χ0) is 27.5. The number of hydrogen-bond donors (Lipinski definition) is 1. The van der Waals surface area contributed by atoms with Crippen LogP contribution in [0.2, 0.25) is 5.02 Å². The average molecular weight is 547 g/mol. The molecular formula is C30H31ClN4O4. The van der Waals surface area contributed by atoms with Gasteiger partial charge in [-0.2, -0.15) is 0 Å². The highest BCUT2D eigenvalue weighted by atomic mass is 35.5. The molecule has 1 fully saturated rings. The number of carbonyl (C=O) groups is 2. The smallest absolute Gasteiger partial charge is 0.329 e. The maximum absolute atomic E-state index is 13.6. The van der Waals surface area contributed by atoms with Crippen molar-refractivity contribution in [2.24, 2.45) is 5.92 Å². The Balaban J connectivity index is 1.29. The van der Waals surface area contributed by atoms with Gasteiger partial charge in [-0.1, -0.05) is 35.9 Å². The van der Waals surface area contributed by atoms with Crippen LogP contribution in [0.25, 0.3) is 11.0 Å². The maximum atomic E-state index is 13.6. The first kappa shape index (κ1) is 26.7. The number of methoxy groups -OCH3 is 1. The first-order chi connectivity index (χ1) is 18.9. The molecule has 5 rings (SSSR count). The van der Waals surface area contributed by atoms with Gasteiger partial charge in [0, 0.05) is 18.8 Å². The van der Waals surface area contributed by atoms with Gasteiger partial charge in [-0.05, 0) is 68.9 Å². The fraction of sp³-hybridized carbons (Fsp3) is 0.333. The van der Waals surface area contributed by atoms with Crippen LogP contribution in [-0.4, -0.2) is 39.0 Å². The molecule has 1 N–H and O–H groups in total. The third-order valence-corrected chi connectivity index (χ3v) is 7.76. The fourth-order valence-electron chi connectivity index (χ4n) is 5.45. The van der Waals surface area contributed by atoms with Crippen LogP contribution in [0.5, 0.6) is 5.75 Å². The first-order valence-electron chi connectivity index (χ1n) is 13.1. The molecule has 0 radical (unpaired) electrons. The van der Waals surface area contributed by atoms with Crippen LogP contribution < -0.4 is 15.7 Å². The Bertz CT molecular complexity index is 1580. The standard InChI is InChI=1S/C30H31ClN4O4/c1-19-24(15-21(31)16-32-19)29(37)33-22-13-11-20(12-14-22)17-34-25-8-4-5-9-26(25)35(30(34)38)18-27(36)23-7-3-6-10-28(23)39-2/h3-10,15-16,20,22H,11-14,17-18H2,1-2H3,(H,33,37)/t20-,22-. The topological polar surface area (TPSA) is 95.2 Å². The summed E-state index contributed by atoms with van der Waals surface area (Å²) < 4.78 is 8.69. The number of rotatable bonds is 8. The third-order valence-electron chi connectivity index (χ3n) is 7.56. The van der Waals surface area contributed by atoms with E-state index in [1.165, 1.54) is 13.3 Å². The van der Waals surface area contributed by atoms with E-state index in [-0.39, 0.29) is 35.9 Å². The Morgan fingerprint density at radius 2 is 1.67 bits per heavy atom. The highest BCUT2D eigenvalue weighted by Crippen LogP contribution is 2.27. The van der Waals surface area contributed by atoms with Crippen molar-refractivity contribution in [3.8, 4) is 5.75 Å². The van der Waals surface area contributed by atoms with Gasteiger partial charge >= 0.3 is 5.69 Å². The first-order valence-corrected chi connectivity index (χ1v) is 13.5. The van der Waals surface area contributed by atoms with Crippen molar-refractivity contribution in [3.05, 3.63) is 93.1 Å². The summed E-state index contributed by atoms with van der Waals surface area (Å²) in [7, 11) is 1.53. The zero-order valence-electron chi connectivity index (χ0n) is 22.0. The summed E-state index contributed by atoms with van der Waals surface area (Å²) in [4.78, 5) is 43.7. The van der Waals surface area contributed by atoms with Crippen molar-refractivity contribution in [2.75, 3.05) is 7.11 Å². The molecule has 0 saturated heterocycles. The highest BCUT2D eigenvalue weighted by molar-refractivity contribution is 6.30. The number of para-hydroxylation sites is 3. The molecule has 2 aromatic heterocycles. The van der Waals surface area contributed by atoms with Crippen LogP contribution in [-0.2, 0) is 13.1 Å². The van der Waals surface area contributed by atoms with E-state index in [0.29, 0.717) is 34.1 Å². The van der Waals surface area contributed by atoms with Gasteiger partial charge < -0.3 is 10.1 Å². The lowest BCUT2D eigenvalue weighted by Gasteiger charge is -2.29. The Morgan fingerprint density at radius 1 is 1.00 bits per heavy atom. The molecule has 2 aromatic carbocycles. The summed E-state index contributed by atoms with van der Waals surface area (Å²) in [5.41, 5.74) is 2.94. The molecule has 1 saturated carbocycles. The average Bonchev–Trinajstić information content (AvgIpc) is 3.21. The number of amides is 1. The molecule has 1 amide bonds. The molecule has 2 heterocycles.